The van der Waals surface area contributed by atoms with E-state index in [0.717, 1.165) is 24.4 Å². The van der Waals surface area contributed by atoms with Crippen LogP contribution in [-0.2, 0) is 6.54 Å². The molecule has 0 aliphatic carbocycles. The molecule has 17 heavy (non-hydrogen) atoms. The fourth-order valence-corrected chi connectivity index (χ4v) is 2.34. The average Bonchev–Trinajstić information content (AvgIpc) is 3.01. The zero-order chi connectivity index (χ0) is 11.9. The number of aromatic nitrogens is 2. The van der Waals surface area contributed by atoms with Crippen LogP contribution in [0.5, 0.6) is 0 Å². The number of thiophene rings is 1. The number of imidazole rings is 1. The smallest absolute Gasteiger partial charge is 0.101 e. The topological polar surface area (TPSA) is 50.1 Å². The molecule has 0 aromatic carbocycles. The average molecular weight is 251 g/mol. The Morgan fingerprint density at radius 2 is 2.47 bits per heavy atom. The molecule has 5 heteroatoms. The molecule has 0 bridgehead atoms. The Morgan fingerprint density at radius 1 is 1.53 bits per heavy atom. The quantitative estimate of drug-likeness (QED) is 0.736. The fraction of sp³-hybridized carbons (Fsp3) is 0.417. The molecule has 2 aromatic heterocycles. The molecule has 0 saturated carbocycles. The highest BCUT2D eigenvalue weighted by atomic mass is 32.1. The molecular formula is C12H17N3OS. The highest BCUT2D eigenvalue weighted by molar-refractivity contribution is 7.10. The second-order valence-electron chi connectivity index (χ2n) is 3.89. The largest absolute Gasteiger partial charge is 0.386 e. The maximum atomic E-state index is 9.83. The van der Waals surface area contributed by atoms with Crippen molar-refractivity contribution in [2.75, 3.05) is 13.1 Å². The molecule has 0 fully saturated rings. The third kappa shape index (κ3) is 3.96. The van der Waals surface area contributed by atoms with Gasteiger partial charge in [-0.2, -0.15) is 0 Å². The van der Waals surface area contributed by atoms with Gasteiger partial charge in [-0.15, -0.1) is 11.3 Å². The van der Waals surface area contributed by atoms with Crippen LogP contribution in [0.15, 0.2) is 36.2 Å². The Hall–Kier alpha value is -1.17. The Balaban J connectivity index is 1.57. The van der Waals surface area contributed by atoms with Gasteiger partial charge in [0.2, 0.25) is 0 Å². The first-order chi connectivity index (χ1) is 8.36. The van der Waals surface area contributed by atoms with E-state index in [2.05, 4.69) is 14.9 Å². The predicted octanol–water partition coefficient (Wildman–Crippen LogP) is 1.66. The monoisotopic (exact) mass is 251 g/mol. The van der Waals surface area contributed by atoms with Crippen molar-refractivity contribution in [1.82, 2.24) is 14.9 Å². The molecule has 0 radical (unpaired) electrons. The van der Waals surface area contributed by atoms with Gasteiger partial charge in [0.05, 0.1) is 6.33 Å². The summed E-state index contributed by atoms with van der Waals surface area (Å²) in [6.45, 7) is 2.48. The third-order valence-electron chi connectivity index (χ3n) is 2.54. The summed E-state index contributed by atoms with van der Waals surface area (Å²) in [5.74, 6) is 0. The highest BCUT2D eigenvalue weighted by Gasteiger charge is 2.06. The van der Waals surface area contributed by atoms with Crippen molar-refractivity contribution < 1.29 is 5.11 Å². The number of nitrogens with one attached hydrogen (secondary N) is 1. The van der Waals surface area contributed by atoms with Crippen LogP contribution >= 0.6 is 11.3 Å². The lowest BCUT2D eigenvalue weighted by Crippen LogP contribution is -2.22. The van der Waals surface area contributed by atoms with Gasteiger partial charge in [-0.1, -0.05) is 6.07 Å². The summed E-state index contributed by atoms with van der Waals surface area (Å²) in [7, 11) is 0. The van der Waals surface area contributed by atoms with E-state index in [0.29, 0.717) is 6.54 Å². The van der Waals surface area contributed by atoms with Gasteiger partial charge in [0.15, 0.2) is 0 Å². The van der Waals surface area contributed by atoms with Gasteiger partial charge in [-0.05, 0) is 24.4 Å². The van der Waals surface area contributed by atoms with Crippen LogP contribution in [0.2, 0.25) is 0 Å². The zero-order valence-corrected chi connectivity index (χ0v) is 10.4. The summed E-state index contributed by atoms with van der Waals surface area (Å²) in [5.41, 5.74) is 0. The van der Waals surface area contributed by atoms with Gasteiger partial charge in [-0.3, -0.25) is 0 Å². The summed E-state index contributed by atoms with van der Waals surface area (Å²) in [5, 5.41) is 15.1. The standard InChI is InChI=1S/C12H17N3OS/c16-11(12-3-1-8-17-12)9-13-4-2-6-15-7-5-14-10-15/h1,3,5,7-8,10-11,13,16H,2,4,6,9H2. The second kappa shape index (κ2) is 6.54. The van der Waals surface area contributed by atoms with Crippen molar-refractivity contribution >= 4 is 11.3 Å². The zero-order valence-electron chi connectivity index (χ0n) is 9.62. The lowest BCUT2D eigenvalue weighted by molar-refractivity contribution is 0.178. The number of nitrogens with zero attached hydrogens (tertiary/aromatic N) is 2. The van der Waals surface area contributed by atoms with E-state index in [9.17, 15) is 5.11 Å². The predicted molar refractivity (Wildman–Crippen MR) is 69.0 cm³/mol. The van der Waals surface area contributed by atoms with E-state index in [1.165, 1.54) is 0 Å². The van der Waals surface area contributed by atoms with Gasteiger partial charge in [0.1, 0.15) is 6.10 Å². The van der Waals surface area contributed by atoms with Gasteiger partial charge in [0.25, 0.3) is 0 Å². The van der Waals surface area contributed by atoms with Gasteiger partial charge >= 0.3 is 0 Å². The number of hydrogen-bond acceptors (Lipinski definition) is 4. The Morgan fingerprint density at radius 3 is 3.18 bits per heavy atom. The first-order valence-corrected chi connectivity index (χ1v) is 6.62. The molecule has 0 saturated heterocycles. The number of rotatable bonds is 7. The molecule has 2 heterocycles. The molecular weight excluding hydrogens is 234 g/mol. The number of hydrogen-bond donors (Lipinski definition) is 2. The van der Waals surface area contributed by atoms with Gasteiger partial charge < -0.3 is 15.0 Å². The SMILES string of the molecule is OC(CNCCCn1ccnc1)c1cccs1. The highest BCUT2D eigenvalue weighted by Crippen LogP contribution is 2.17. The van der Waals surface area contributed by atoms with Crippen molar-refractivity contribution in [2.45, 2.75) is 19.1 Å². The van der Waals surface area contributed by atoms with Crippen molar-refractivity contribution in [3.8, 4) is 0 Å². The molecule has 2 aromatic rings. The normalized spacial score (nSPS) is 12.8. The summed E-state index contributed by atoms with van der Waals surface area (Å²) in [4.78, 5) is 5.01. The Bertz CT molecular complexity index is 399. The van der Waals surface area contributed by atoms with E-state index in [1.807, 2.05) is 30.0 Å². The van der Waals surface area contributed by atoms with Crippen molar-refractivity contribution in [3.05, 3.63) is 41.1 Å². The summed E-state index contributed by atoms with van der Waals surface area (Å²) in [6.07, 6.45) is 6.21. The first kappa shape index (κ1) is 12.3. The van der Waals surface area contributed by atoms with E-state index in [4.69, 9.17) is 0 Å². The molecule has 0 aliphatic rings. The summed E-state index contributed by atoms with van der Waals surface area (Å²) < 4.78 is 2.05. The van der Waals surface area contributed by atoms with Crippen LogP contribution in [-0.4, -0.2) is 27.7 Å². The molecule has 1 atom stereocenters. The second-order valence-corrected chi connectivity index (χ2v) is 4.87. The Labute approximate surface area is 105 Å². The Kier molecular flexibility index (Phi) is 4.73. The molecule has 4 nitrogen and oxygen atoms in total. The van der Waals surface area contributed by atoms with Crippen LogP contribution in [0.4, 0.5) is 0 Å². The van der Waals surface area contributed by atoms with Crippen molar-refractivity contribution in [3.63, 3.8) is 0 Å². The van der Waals surface area contributed by atoms with Crippen molar-refractivity contribution in [1.29, 1.82) is 0 Å². The minimum Gasteiger partial charge on any atom is -0.386 e. The lowest BCUT2D eigenvalue weighted by Gasteiger charge is -2.10. The molecule has 2 N–H and O–H groups in total. The number of aryl methyl sites for hydroxylation is 1. The number of aliphatic hydroxyl groups is 1. The van der Waals surface area contributed by atoms with Crippen LogP contribution in [0.25, 0.3) is 0 Å². The van der Waals surface area contributed by atoms with E-state index in [-0.39, 0.29) is 6.10 Å². The van der Waals surface area contributed by atoms with Gasteiger partial charge in [0, 0.05) is 30.4 Å². The van der Waals surface area contributed by atoms with Crippen LogP contribution in [0.3, 0.4) is 0 Å². The lowest BCUT2D eigenvalue weighted by atomic mass is 10.3. The van der Waals surface area contributed by atoms with Crippen LogP contribution < -0.4 is 5.32 Å². The van der Waals surface area contributed by atoms with E-state index in [1.54, 1.807) is 17.5 Å². The summed E-state index contributed by atoms with van der Waals surface area (Å²) >= 11 is 1.59. The minimum atomic E-state index is -0.386. The van der Waals surface area contributed by atoms with Crippen LogP contribution in [0, 0.1) is 0 Å². The van der Waals surface area contributed by atoms with Gasteiger partial charge in [-0.25, -0.2) is 4.98 Å². The van der Waals surface area contributed by atoms with Crippen LogP contribution in [0.1, 0.15) is 17.4 Å². The molecule has 0 aliphatic heterocycles. The molecule has 0 spiro atoms. The fourth-order valence-electron chi connectivity index (χ4n) is 1.63. The molecule has 0 amide bonds. The molecule has 2 rings (SSSR count). The maximum absolute atomic E-state index is 9.83. The van der Waals surface area contributed by atoms with E-state index < -0.39 is 0 Å². The third-order valence-corrected chi connectivity index (χ3v) is 3.51. The van der Waals surface area contributed by atoms with E-state index >= 15 is 0 Å². The first-order valence-electron chi connectivity index (χ1n) is 5.74. The van der Waals surface area contributed by atoms with Crippen molar-refractivity contribution in [2.24, 2.45) is 0 Å². The minimum absolute atomic E-state index is 0.386. The molecule has 1 unspecified atom stereocenters. The summed E-state index contributed by atoms with van der Waals surface area (Å²) in [6, 6.07) is 3.92. The maximum Gasteiger partial charge on any atom is 0.101 e. The number of aliphatic hydroxyl groups excluding tert-OH is 1. The molecule has 92 valence electrons.